The highest BCUT2D eigenvalue weighted by Crippen LogP contribution is 2.41. The topological polar surface area (TPSA) is 85.3 Å². The second kappa shape index (κ2) is 11.5. The standard InChI is InChI=1S/C31H33NO6/c1-19-9-11-22(12-10-19)18-38-24-8-6-7-23(17-24)28-27(30(34)31(35)32(28)13-14-36-4)29(33)25-15-21(3)26(37-5)16-20(25)2/h6-12,15-17,28,33H,13-14,18H2,1-5H3/b29-27+. The minimum Gasteiger partial charge on any atom is -0.507 e. The van der Waals surface area contributed by atoms with Gasteiger partial charge in [-0.1, -0.05) is 42.0 Å². The largest absolute Gasteiger partial charge is 0.507 e. The number of rotatable bonds is 9. The number of Topliss-reactive ketones (excluding diaryl/α,β-unsaturated/α-hetero) is 1. The van der Waals surface area contributed by atoms with Crippen molar-refractivity contribution in [3.63, 3.8) is 0 Å². The van der Waals surface area contributed by atoms with Crippen molar-refractivity contribution in [3.05, 3.63) is 99.6 Å². The molecule has 4 rings (SSSR count). The van der Waals surface area contributed by atoms with E-state index in [0.29, 0.717) is 29.2 Å². The number of ether oxygens (including phenoxy) is 3. The molecule has 3 aromatic rings. The molecule has 0 radical (unpaired) electrons. The van der Waals surface area contributed by atoms with Crippen LogP contribution in [-0.4, -0.2) is 49.1 Å². The molecule has 0 saturated carbocycles. The van der Waals surface area contributed by atoms with Crippen molar-refractivity contribution in [2.75, 3.05) is 27.4 Å². The Hall–Kier alpha value is -4.10. The van der Waals surface area contributed by atoms with Crippen LogP contribution in [0.1, 0.15) is 39.4 Å². The van der Waals surface area contributed by atoms with Crippen LogP contribution < -0.4 is 9.47 Å². The van der Waals surface area contributed by atoms with Gasteiger partial charge in [-0.3, -0.25) is 9.59 Å². The van der Waals surface area contributed by atoms with E-state index < -0.39 is 17.7 Å². The first-order valence-corrected chi connectivity index (χ1v) is 12.5. The lowest BCUT2D eigenvalue weighted by Gasteiger charge is -2.25. The SMILES string of the molecule is COCCN1C(=O)C(=O)/C(=C(/O)c2cc(C)c(OC)cc2C)C1c1cccc(OCc2ccc(C)cc2)c1. The first-order chi connectivity index (χ1) is 18.2. The van der Waals surface area contributed by atoms with Gasteiger partial charge in [0.05, 0.1) is 25.3 Å². The van der Waals surface area contributed by atoms with Gasteiger partial charge in [-0.2, -0.15) is 0 Å². The molecule has 1 N–H and O–H groups in total. The van der Waals surface area contributed by atoms with Gasteiger partial charge in [-0.25, -0.2) is 0 Å². The van der Waals surface area contributed by atoms with Gasteiger partial charge in [0.15, 0.2) is 0 Å². The Kier molecular flexibility index (Phi) is 8.17. The van der Waals surface area contributed by atoms with Gasteiger partial charge in [0.2, 0.25) is 0 Å². The molecule has 1 heterocycles. The van der Waals surface area contributed by atoms with E-state index >= 15 is 0 Å². The molecule has 1 aliphatic heterocycles. The lowest BCUT2D eigenvalue weighted by Crippen LogP contribution is -2.32. The summed E-state index contributed by atoms with van der Waals surface area (Å²) < 4.78 is 16.6. The molecule has 7 heteroatoms. The van der Waals surface area contributed by atoms with E-state index in [1.807, 2.05) is 69.3 Å². The van der Waals surface area contributed by atoms with E-state index in [1.54, 1.807) is 19.2 Å². The van der Waals surface area contributed by atoms with Gasteiger partial charge in [0.1, 0.15) is 23.9 Å². The van der Waals surface area contributed by atoms with E-state index in [4.69, 9.17) is 14.2 Å². The number of aliphatic hydroxyl groups is 1. The summed E-state index contributed by atoms with van der Waals surface area (Å²) in [6.07, 6.45) is 0. The molecule has 0 aromatic heterocycles. The fraction of sp³-hybridized carbons (Fsp3) is 0.290. The maximum absolute atomic E-state index is 13.3. The number of carbonyl (C=O) groups is 2. The van der Waals surface area contributed by atoms with Crippen LogP contribution in [0, 0.1) is 20.8 Å². The van der Waals surface area contributed by atoms with E-state index in [-0.39, 0.29) is 24.5 Å². The number of benzene rings is 3. The minimum absolute atomic E-state index is 0.0365. The number of carbonyl (C=O) groups excluding carboxylic acids is 2. The smallest absolute Gasteiger partial charge is 0.295 e. The zero-order valence-corrected chi connectivity index (χ0v) is 22.4. The van der Waals surface area contributed by atoms with Crippen molar-refractivity contribution in [3.8, 4) is 11.5 Å². The molecule has 7 nitrogen and oxygen atoms in total. The van der Waals surface area contributed by atoms with Crippen molar-refractivity contribution in [1.29, 1.82) is 0 Å². The first kappa shape index (κ1) is 26.9. The van der Waals surface area contributed by atoms with Crippen LogP contribution in [0.5, 0.6) is 11.5 Å². The predicted octanol–water partition coefficient (Wildman–Crippen LogP) is 5.27. The third-order valence-electron chi connectivity index (χ3n) is 6.77. The average molecular weight is 516 g/mol. The Balaban J connectivity index is 1.76. The molecule has 1 amide bonds. The lowest BCUT2D eigenvalue weighted by atomic mass is 9.93. The van der Waals surface area contributed by atoms with Crippen molar-refractivity contribution >= 4 is 17.4 Å². The summed E-state index contributed by atoms with van der Waals surface area (Å²) >= 11 is 0. The van der Waals surface area contributed by atoms with Crippen LogP contribution in [-0.2, 0) is 20.9 Å². The molecular formula is C31H33NO6. The quantitative estimate of drug-likeness (QED) is 0.238. The number of hydrogen-bond donors (Lipinski definition) is 1. The predicted molar refractivity (Wildman–Crippen MR) is 145 cm³/mol. The number of nitrogens with zero attached hydrogens (tertiary/aromatic N) is 1. The Morgan fingerprint density at radius 3 is 2.37 bits per heavy atom. The van der Waals surface area contributed by atoms with Crippen LogP contribution in [0.3, 0.4) is 0 Å². The number of ketones is 1. The molecule has 38 heavy (non-hydrogen) atoms. The minimum atomic E-state index is -0.796. The monoisotopic (exact) mass is 515 g/mol. The van der Waals surface area contributed by atoms with Crippen molar-refractivity contribution < 1.29 is 28.9 Å². The summed E-state index contributed by atoms with van der Waals surface area (Å²) in [5.74, 6) is -0.362. The van der Waals surface area contributed by atoms with Crippen LogP contribution in [0.15, 0.2) is 66.2 Å². The summed E-state index contributed by atoms with van der Waals surface area (Å²) in [5.41, 5.74) is 4.89. The summed E-state index contributed by atoms with van der Waals surface area (Å²) in [7, 11) is 3.12. The normalized spacial score (nSPS) is 16.7. The molecule has 1 fully saturated rings. The number of aliphatic hydroxyl groups excluding tert-OH is 1. The van der Waals surface area contributed by atoms with Gasteiger partial charge < -0.3 is 24.2 Å². The summed E-state index contributed by atoms with van der Waals surface area (Å²) in [4.78, 5) is 27.9. The Morgan fingerprint density at radius 2 is 1.68 bits per heavy atom. The van der Waals surface area contributed by atoms with Crippen LogP contribution in [0.4, 0.5) is 0 Å². The fourth-order valence-electron chi connectivity index (χ4n) is 4.68. The van der Waals surface area contributed by atoms with E-state index in [1.165, 1.54) is 17.6 Å². The van der Waals surface area contributed by atoms with Gasteiger partial charge in [-0.05, 0) is 67.3 Å². The number of methoxy groups -OCH3 is 2. The number of amides is 1. The highest BCUT2D eigenvalue weighted by molar-refractivity contribution is 6.46. The zero-order chi connectivity index (χ0) is 27.4. The van der Waals surface area contributed by atoms with Crippen LogP contribution >= 0.6 is 0 Å². The summed E-state index contributed by atoms with van der Waals surface area (Å²) in [5, 5.41) is 11.5. The third kappa shape index (κ3) is 5.43. The molecular weight excluding hydrogens is 482 g/mol. The highest BCUT2D eigenvalue weighted by Gasteiger charge is 2.46. The summed E-state index contributed by atoms with van der Waals surface area (Å²) in [6.45, 7) is 6.53. The Morgan fingerprint density at radius 1 is 0.947 bits per heavy atom. The molecule has 1 saturated heterocycles. The molecule has 1 unspecified atom stereocenters. The van der Waals surface area contributed by atoms with Gasteiger partial charge in [-0.15, -0.1) is 0 Å². The molecule has 0 bridgehead atoms. The van der Waals surface area contributed by atoms with Gasteiger partial charge in [0.25, 0.3) is 11.7 Å². The second-order valence-electron chi connectivity index (χ2n) is 9.47. The Labute approximate surface area is 223 Å². The first-order valence-electron chi connectivity index (χ1n) is 12.5. The average Bonchev–Trinajstić information content (AvgIpc) is 3.17. The van der Waals surface area contributed by atoms with E-state index in [9.17, 15) is 14.7 Å². The highest BCUT2D eigenvalue weighted by atomic mass is 16.5. The lowest BCUT2D eigenvalue weighted by molar-refractivity contribution is -0.140. The molecule has 0 aliphatic carbocycles. The van der Waals surface area contributed by atoms with Gasteiger partial charge in [0, 0.05) is 19.2 Å². The number of hydrogen-bond acceptors (Lipinski definition) is 6. The number of aryl methyl sites for hydroxylation is 3. The molecule has 198 valence electrons. The van der Waals surface area contributed by atoms with Crippen LogP contribution in [0.2, 0.25) is 0 Å². The number of likely N-dealkylation sites (tertiary alicyclic amines) is 1. The fourth-order valence-corrected chi connectivity index (χ4v) is 4.68. The third-order valence-corrected chi connectivity index (χ3v) is 6.77. The van der Waals surface area contributed by atoms with Crippen LogP contribution in [0.25, 0.3) is 5.76 Å². The van der Waals surface area contributed by atoms with Crippen molar-refractivity contribution in [2.24, 2.45) is 0 Å². The van der Waals surface area contributed by atoms with Crippen molar-refractivity contribution in [2.45, 2.75) is 33.4 Å². The maximum Gasteiger partial charge on any atom is 0.295 e. The Bertz CT molecular complexity index is 1380. The maximum atomic E-state index is 13.3. The molecule has 0 spiro atoms. The second-order valence-corrected chi connectivity index (χ2v) is 9.47. The van der Waals surface area contributed by atoms with Crippen molar-refractivity contribution in [1.82, 2.24) is 4.90 Å². The van der Waals surface area contributed by atoms with Gasteiger partial charge >= 0.3 is 0 Å². The zero-order valence-electron chi connectivity index (χ0n) is 22.4. The molecule has 1 aliphatic rings. The van der Waals surface area contributed by atoms with E-state index in [2.05, 4.69) is 0 Å². The molecule has 3 aromatic carbocycles. The van der Waals surface area contributed by atoms with E-state index in [0.717, 1.165) is 16.7 Å². The molecule has 1 atom stereocenters. The summed E-state index contributed by atoms with van der Waals surface area (Å²) in [6, 6.07) is 18.1.